The number of hydrogen-bond acceptors (Lipinski definition) is 4. The molecule has 0 spiro atoms. The number of likely N-dealkylation sites (tertiary alicyclic amines) is 1. The van der Waals surface area contributed by atoms with Crippen LogP contribution in [-0.4, -0.2) is 37.8 Å². The first-order valence-corrected chi connectivity index (χ1v) is 12.8. The summed E-state index contributed by atoms with van der Waals surface area (Å²) in [5.74, 6) is 0.245. The van der Waals surface area contributed by atoms with Crippen molar-refractivity contribution in [2.24, 2.45) is 12.0 Å². The molecule has 1 fully saturated rings. The molecule has 180 valence electrons. The Morgan fingerprint density at radius 2 is 1.69 bits per heavy atom. The quantitative estimate of drug-likeness (QED) is 0.391. The summed E-state index contributed by atoms with van der Waals surface area (Å²) >= 11 is 1.54. The number of benzene rings is 2. The van der Waals surface area contributed by atoms with E-state index in [4.69, 9.17) is 4.99 Å². The molecule has 4 aromatic rings. The topological polar surface area (TPSA) is 64.5 Å². The Labute approximate surface area is 208 Å². The first-order valence-electron chi connectivity index (χ1n) is 11.9. The highest BCUT2D eigenvalue weighted by Crippen LogP contribution is 2.22. The normalized spacial score (nSPS) is 14.3. The predicted molar refractivity (Wildman–Crippen MR) is 139 cm³/mol. The molecule has 0 bridgehead atoms. The average molecular weight is 488 g/mol. The van der Waals surface area contributed by atoms with E-state index in [1.54, 1.807) is 4.68 Å². The number of aromatic nitrogens is 3. The lowest BCUT2D eigenvalue weighted by atomic mass is 10.2. The third-order valence-corrected chi connectivity index (χ3v) is 7.44. The molecule has 35 heavy (non-hydrogen) atoms. The lowest BCUT2D eigenvalue weighted by Crippen LogP contribution is -2.27. The van der Waals surface area contributed by atoms with Gasteiger partial charge in [-0.3, -0.25) is 14.3 Å². The van der Waals surface area contributed by atoms with E-state index < -0.39 is 0 Å². The van der Waals surface area contributed by atoms with E-state index in [0.717, 1.165) is 59.9 Å². The molecule has 1 aliphatic heterocycles. The molecule has 0 N–H and O–H groups in total. The van der Waals surface area contributed by atoms with Crippen molar-refractivity contribution in [3.05, 3.63) is 86.9 Å². The van der Waals surface area contributed by atoms with Crippen LogP contribution in [0.15, 0.2) is 75.8 Å². The second kappa shape index (κ2) is 9.92. The lowest BCUT2D eigenvalue weighted by molar-refractivity contribution is -0.127. The largest absolute Gasteiger partial charge is 0.343 e. The van der Waals surface area contributed by atoms with Crippen LogP contribution in [0.5, 0.6) is 0 Å². The minimum Gasteiger partial charge on any atom is -0.343 e. The highest BCUT2D eigenvalue weighted by atomic mass is 32.1. The van der Waals surface area contributed by atoms with E-state index in [9.17, 15) is 9.59 Å². The van der Waals surface area contributed by atoms with Crippen molar-refractivity contribution in [2.75, 3.05) is 13.1 Å². The van der Waals surface area contributed by atoms with Gasteiger partial charge in [0.05, 0.1) is 17.1 Å². The molecule has 0 unspecified atom stereocenters. The maximum absolute atomic E-state index is 13.4. The molecule has 0 atom stereocenters. The van der Waals surface area contributed by atoms with Crippen LogP contribution >= 0.6 is 11.3 Å². The second-order valence-electron chi connectivity index (χ2n) is 8.78. The molecule has 1 aliphatic rings. The van der Waals surface area contributed by atoms with Crippen molar-refractivity contribution in [1.29, 1.82) is 0 Å². The van der Waals surface area contributed by atoms with E-state index in [1.165, 1.54) is 11.3 Å². The van der Waals surface area contributed by atoms with Gasteiger partial charge in [-0.2, -0.15) is 0 Å². The van der Waals surface area contributed by atoms with Gasteiger partial charge < -0.3 is 9.47 Å². The lowest BCUT2D eigenvalue weighted by Gasteiger charge is -2.16. The van der Waals surface area contributed by atoms with Crippen molar-refractivity contribution < 1.29 is 4.79 Å². The monoisotopic (exact) mass is 487 g/mol. The summed E-state index contributed by atoms with van der Waals surface area (Å²) in [7, 11) is 1.88. The number of carbonyl (C=O) groups excluding carboxylic acids is 1. The first kappa shape index (κ1) is 23.1. The van der Waals surface area contributed by atoms with Crippen molar-refractivity contribution in [2.45, 2.75) is 32.7 Å². The van der Waals surface area contributed by atoms with E-state index >= 15 is 0 Å². The maximum atomic E-state index is 13.4. The number of nitrogens with zero attached hydrogens (tertiary/aromatic N) is 5. The Bertz CT molecular complexity index is 1460. The summed E-state index contributed by atoms with van der Waals surface area (Å²) in [6.45, 7) is 4.22. The van der Waals surface area contributed by atoms with Crippen molar-refractivity contribution in [3.63, 3.8) is 0 Å². The standard InChI is InChI=1S/C27H29N5O2S/c1-20-25(26(34)32(29(20)2)22-13-7-4-8-14-22)28-27-31(18-10-17-30-16-9-15-24(30)33)23(19-35-27)21-11-5-3-6-12-21/h3-8,11-14,19H,9-10,15-18H2,1-2H3. The number of thiazole rings is 1. The van der Waals surface area contributed by atoms with Crippen molar-refractivity contribution >= 4 is 22.9 Å². The summed E-state index contributed by atoms with van der Waals surface area (Å²) < 4.78 is 5.69. The molecule has 0 aliphatic carbocycles. The average Bonchev–Trinajstić information content (AvgIpc) is 3.54. The van der Waals surface area contributed by atoms with Crippen LogP contribution < -0.4 is 10.4 Å². The molecule has 8 heteroatoms. The minimum absolute atomic E-state index is 0.139. The van der Waals surface area contributed by atoms with Crippen LogP contribution in [-0.2, 0) is 18.4 Å². The number of hydrogen-bond donors (Lipinski definition) is 0. The fourth-order valence-electron chi connectivity index (χ4n) is 4.61. The SMILES string of the molecule is Cc1c(N=c2scc(-c3ccccc3)n2CCCN2CCCC2=O)c(=O)n(-c2ccccc2)n1C. The predicted octanol–water partition coefficient (Wildman–Crippen LogP) is 4.26. The van der Waals surface area contributed by atoms with Gasteiger partial charge in [0, 0.05) is 38.5 Å². The van der Waals surface area contributed by atoms with E-state index in [1.807, 2.05) is 72.1 Å². The zero-order chi connectivity index (χ0) is 24.4. The van der Waals surface area contributed by atoms with Crippen LogP contribution in [0.1, 0.15) is 25.0 Å². The first-order chi connectivity index (χ1) is 17.0. The van der Waals surface area contributed by atoms with Gasteiger partial charge in [0.15, 0.2) is 10.5 Å². The van der Waals surface area contributed by atoms with E-state index in [-0.39, 0.29) is 11.5 Å². The third-order valence-electron chi connectivity index (χ3n) is 6.58. The second-order valence-corrected chi connectivity index (χ2v) is 9.62. The van der Waals surface area contributed by atoms with Crippen LogP contribution in [0.3, 0.4) is 0 Å². The number of amides is 1. The molecule has 0 radical (unpaired) electrons. The molecule has 5 rings (SSSR count). The zero-order valence-corrected chi connectivity index (χ0v) is 20.9. The molecule has 0 saturated carbocycles. The van der Waals surface area contributed by atoms with Crippen molar-refractivity contribution in [3.8, 4) is 16.9 Å². The third kappa shape index (κ3) is 4.53. The molecule has 2 aromatic carbocycles. The smallest absolute Gasteiger partial charge is 0.297 e. The maximum Gasteiger partial charge on any atom is 0.297 e. The Hall–Kier alpha value is -3.65. The Morgan fingerprint density at radius 1 is 0.971 bits per heavy atom. The van der Waals surface area contributed by atoms with Gasteiger partial charge in [0.1, 0.15) is 0 Å². The number of para-hydroxylation sites is 1. The minimum atomic E-state index is -0.139. The van der Waals surface area contributed by atoms with E-state index in [0.29, 0.717) is 12.1 Å². The number of rotatable bonds is 7. The van der Waals surface area contributed by atoms with Gasteiger partial charge in [0.25, 0.3) is 5.56 Å². The Kier molecular flexibility index (Phi) is 6.55. The van der Waals surface area contributed by atoms with Crippen LogP contribution in [0.2, 0.25) is 0 Å². The summed E-state index contributed by atoms with van der Waals surface area (Å²) in [6, 6.07) is 19.8. The molecule has 1 saturated heterocycles. The summed E-state index contributed by atoms with van der Waals surface area (Å²) in [4.78, 5) is 33.1. The highest BCUT2D eigenvalue weighted by molar-refractivity contribution is 7.07. The molecule has 7 nitrogen and oxygen atoms in total. The van der Waals surface area contributed by atoms with Crippen molar-refractivity contribution in [1.82, 2.24) is 18.8 Å². The molecule has 2 aromatic heterocycles. The fourth-order valence-corrected chi connectivity index (χ4v) is 5.55. The molecule has 1 amide bonds. The van der Waals surface area contributed by atoms with Crippen LogP contribution in [0, 0.1) is 6.92 Å². The fraction of sp³-hybridized carbons (Fsp3) is 0.296. The van der Waals surface area contributed by atoms with Gasteiger partial charge in [-0.15, -0.1) is 11.3 Å². The van der Waals surface area contributed by atoms with Crippen LogP contribution in [0.25, 0.3) is 16.9 Å². The van der Waals surface area contributed by atoms with Gasteiger partial charge in [-0.25, -0.2) is 9.67 Å². The Morgan fingerprint density at radius 3 is 2.37 bits per heavy atom. The summed E-state index contributed by atoms with van der Waals surface area (Å²) in [6.07, 6.45) is 2.43. The van der Waals surface area contributed by atoms with Crippen LogP contribution in [0.4, 0.5) is 5.69 Å². The van der Waals surface area contributed by atoms with Gasteiger partial charge in [-0.1, -0.05) is 48.5 Å². The summed E-state index contributed by atoms with van der Waals surface area (Å²) in [5.41, 5.74) is 4.10. The zero-order valence-electron chi connectivity index (χ0n) is 20.1. The van der Waals surface area contributed by atoms with E-state index in [2.05, 4.69) is 22.1 Å². The molecule has 3 heterocycles. The van der Waals surface area contributed by atoms with Gasteiger partial charge in [0.2, 0.25) is 5.91 Å². The van der Waals surface area contributed by atoms with Gasteiger partial charge in [-0.05, 0) is 37.5 Å². The molecular weight excluding hydrogens is 458 g/mol. The molecular formula is C27H29N5O2S. The number of carbonyl (C=O) groups is 1. The van der Waals surface area contributed by atoms with Gasteiger partial charge >= 0.3 is 0 Å². The summed E-state index contributed by atoms with van der Waals surface area (Å²) in [5, 5.41) is 2.10. The Balaban J connectivity index is 1.56. The highest BCUT2D eigenvalue weighted by Gasteiger charge is 2.20.